The molecular formula is C23H29ClN4O3. The van der Waals surface area contributed by atoms with Gasteiger partial charge in [0.1, 0.15) is 5.75 Å². The van der Waals surface area contributed by atoms with E-state index in [1.54, 1.807) is 6.07 Å². The number of hydrogen-bond donors (Lipinski definition) is 3. The average Bonchev–Trinajstić information content (AvgIpc) is 2.75. The van der Waals surface area contributed by atoms with Crippen molar-refractivity contribution in [3.63, 3.8) is 0 Å². The van der Waals surface area contributed by atoms with Crippen molar-refractivity contribution in [2.75, 3.05) is 43.9 Å². The maximum Gasteiger partial charge on any atom is 0.234 e. The van der Waals surface area contributed by atoms with Crippen molar-refractivity contribution in [3.8, 4) is 5.75 Å². The monoisotopic (exact) mass is 444 g/mol. The van der Waals surface area contributed by atoms with E-state index in [2.05, 4.69) is 15.5 Å². The lowest BCUT2D eigenvalue weighted by molar-refractivity contribution is -0.123. The minimum atomic E-state index is -0.159. The van der Waals surface area contributed by atoms with E-state index in [0.717, 1.165) is 11.3 Å². The van der Waals surface area contributed by atoms with E-state index in [1.165, 1.54) is 12.1 Å². The molecule has 31 heavy (non-hydrogen) atoms. The summed E-state index contributed by atoms with van der Waals surface area (Å²) in [5, 5.41) is 16.0. The fourth-order valence-corrected chi connectivity index (χ4v) is 3.74. The van der Waals surface area contributed by atoms with Gasteiger partial charge in [0, 0.05) is 37.3 Å². The summed E-state index contributed by atoms with van der Waals surface area (Å²) in [5.41, 5.74) is 2.49. The second kappa shape index (κ2) is 10.5. The third kappa shape index (κ3) is 6.60. The van der Waals surface area contributed by atoms with Gasteiger partial charge in [0.05, 0.1) is 12.2 Å². The van der Waals surface area contributed by atoms with Gasteiger partial charge in [-0.15, -0.1) is 0 Å². The number of benzene rings is 2. The van der Waals surface area contributed by atoms with Crippen molar-refractivity contribution in [2.45, 2.75) is 19.4 Å². The molecule has 1 saturated heterocycles. The molecule has 0 atom stereocenters. The number of anilines is 2. The summed E-state index contributed by atoms with van der Waals surface area (Å²) >= 11 is 5.93. The van der Waals surface area contributed by atoms with Crippen LogP contribution < -0.4 is 15.5 Å². The quantitative estimate of drug-likeness (QED) is 0.571. The number of piperidine rings is 1. The molecule has 0 bridgehead atoms. The van der Waals surface area contributed by atoms with Crippen LogP contribution in [0.5, 0.6) is 5.75 Å². The van der Waals surface area contributed by atoms with Gasteiger partial charge in [-0.1, -0.05) is 23.7 Å². The molecule has 3 rings (SSSR count). The van der Waals surface area contributed by atoms with E-state index in [9.17, 15) is 14.7 Å². The highest BCUT2D eigenvalue weighted by Crippen LogP contribution is 2.28. The predicted octanol–water partition coefficient (Wildman–Crippen LogP) is 3.08. The highest BCUT2D eigenvalue weighted by molar-refractivity contribution is 6.31. The number of carbonyl (C=O) groups is 2. The summed E-state index contributed by atoms with van der Waals surface area (Å²) in [7, 11) is 3.98. The van der Waals surface area contributed by atoms with Crippen molar-refractivity contribution in [1.82, 2.24) is 10.2 Å². The Morgan fingerprint density at radius 2 is 1.81 bits per heavy atom. The van der Waals surface area contributed by atoms with E-state index in [4.69, 9.17) is 11.6 Å². The molecule has 166 valence electrons. The minimum absolute atomic E-state index is 0.0109. The number of amides is 2. The average molecular weight is 445 g/mol. The number of nitrogens with one attached hydrogen (secondary N) is 2. The first-order valence-corrected chi connectivity index (χ1v) is 10.7. The molecule has 0 radical (unpaired) electrons. The Hall–Kier alpha value is -2.77. The smallest absolute Gasteiger partial charge is 0.234 e. The molecule has 3 N–H and O–H groups in total. The second-order valence-corrected chi connectivity index (χ2v) is 8.48. The van der Waals surface area contributed by atoms with Gasteiger partial charge in [-0.05, 0) is 61.8 Å². The number of rotatable bonds is 7. The lowest BCUT2D eigenvalue weighted by Crippen LogP contribution is -2.43. The minimum Gasteiger partial charge on any atom is -0.506 e. The molecule has 1 heterocycles. The van der Waals surface area contributed by atoms with Gasteiger partial charge < -0.3 is 20.6 Å². The standard InChI is InChI=1S/C23H29ClN4O3/c1-27(2)19-6-3-16(4-7-19)14-25-22(30)15-28-11-9-17(10-12-28)23(31)26-20-13-18(24)5-8-21(20)29/h3-8,13,17,29H,9-12,14-15H2,1-2H3,(H,25,30)(H,26,31). The number of nitrogens with zero attached hydrogens (tertiary/aromatic N) is 2. The van der Waals surface area contributed by atoms with Crippen molar-refractivity contribution >= 4 is 34.8 Å². The topological polar surface area (TPSA) is 84.9 Å². The third-order valence-electron chi connectivity index (χ3n) is 5.48. The van der Waals surface area contributed by atoms with Crippen LogP contribution in [0.25, 0.3) is 0 Å². The molecule has 7 nitrogen and oxygen atoms in total. The summed E-state index contributed by atoms with van der Waals surface area (Å²) in [5.74, 6) is -0.331. The Balaban J connectivity index is 1.40. The zero-order valence-corrected chi connectivity index (χ0v) is 18.7. The molecule has 0 saturated carbocycles. The molecule has 0 aromatic heterocycles. The number of phenolic OH excluding ortho intramolecular Hbond substituents is 1. The third-order valence-corrected chi connectivity index (χ3v) is 5.72. The van der Waals surface area contributed by atoms with Crippen molar-refractivity contribution in [1.29, 1.82) is 0 Å². The first-order chi connectivity index (χ1) is 14.8. The van der Waals surface area contributed by atoms with Gasteiger partial charge >= 0.3 is 0 Å². The van der Waals surface area contributed by atoms with E-state index in [1.807, 2.05) is 43.3 Å². The highest BCUT2D eigenvalue weighted by atomic mass is 35.5. The molecule has 0 aliphatic carbocycles. The Bertz CT molecular complexity index is 910. The largest absolute Gasteiger partial charge is 0.506 e. The number of aromatic hydroxyl groups is 1. The first-order valence-electron chi connectivity index (χ1n) is 10.4. The Labute approximate surface area is 188 Å². The SMILES string of the molecule is CN(C)c1ccc(CNC(=O)CN2CCC(C(=O)Nc3cc(Cl)ccc3O)CC2)cc1. The summed E-state index contributed by atoms with van der Waals surface area (Å²) in [6.07, 6.45) is 1.32. The maximum absolute atomic E-state index is 12.5. The van der Waals surface area contributed by atoms with Crippen LogP contribution in [0.1, 0.15) is 18.4 Å². The Morgan fingerprint density at radius 1 is 1.13 bits per heavy atom. The van der Waals surface area contributed by atoms with E-state index in [0.29, 0.717) is 49.7 Å². The molecule has 2 aromatic rings. The fraction of sp³-hybridized carbons (Fsp3) is 0.391. The normalized spacial score (nSPS) is 14.8. The zero-order chi connectivity index (χ0) is 22.4. The number of likely N-dealkylation sites (tertiary alicyclic amines) is 1. The van der Waals surface area contributed by atoms with Gasteiger partial charge in [-0.2, -0.15) is 0 Å². The molecule has 0 spiro atoms. The highest BCUT2D eigenvalue weighted by Gasteiger charge is 2.26. The first kappa shape index (κ1) is 22.9. The molecule has 1 fully saturated rings. The molecule has 8 heteroatoms. The van der Waals surface area contributed by atoms with Crippen LogP contribution in [-0.4, -0.2) is 55.6 Å². The molecule has 2 aromatic carbocycles. The summed E-state index contributed by atoms with van der Waals surface area (Å²) in [6.45, 7) is 2.16. The molecular weight excluding hydrogens is 416 g/mol. The second-order valence-electron chi connectivity index (χ2n) is 8.04. The fourth-order valence-electron chi connectivity index (χ4n) is 3.57. The summed E-state index contributed by atoms with van der Waals surface area (Å²) < 4.78 is 0. The van der Waals surface area contributed by atoms with Crippen LogP contribution in [0.15, 0.2) is 42.5 Å². The van der Waals surface area contributed by atoms with Crippen LogP contribution in [0.2, 0.25) is 5.02 Å². The van der Waals surface area contributed by atoms with Crippen molar-refractivity contribution in [3.05, 3.63) is 53.1 Å². The van der Waals surface area contributed by atoms with E-state index in [-0.39, 0.29) is 23.5 Å². The lowest BCUT2D eigenvalue weighted by Gasteiger charge is -2.30. The predicted molar refractivity (Wildman–Crippen MR) is 124 cm³/mol. The van der Waals surface area contributed by atoms with Crippen LogP contribution in [0.3, 0.4) is 0 Å². The van der Waals surface area contributed by atoms with E-state index >= 15 is 0 Å². The van der Waals surface area contributed by atoms with Gasteiger partial charge in [0.25, 0.3) is 0 Å². The van der Waals surface area contributed by atoms with Crippen molar-refractivity contribution in [2.24, 2.45) is 5.92 Å². The van der Waals surface area contributed by atoms with Gasteiger partial charge in [0.15, 0.2) is 0 Å². The van der Waals surface area contributed by atoms with Gasteiger partial charge in [-0.3, -0.25) is 14.5 Å². The van der Waals surface area contributed by atoms with Gasteiger partial charge in [0.2, 0.25) is 11.8 Å². The number of carbonyl (C=O) groups excluding carboxylic acids is 2. The number of phenols is 1. The Kier molecular flexibility index (Phi) is 7.76. The van der Waals surface area contributed by atoms with Crippen LogP contribution in [0.4, 0.5) is 11.4 Å². The van der Waals surface area contributed by atoms with Crippen LogP contribution in [-0.2, 0) is 16.1 Å². The van der Waals surface area contributed by atoms with Gasteiger partial charge in [-0.25, -0.2) is 0 Å². The zero-order valence-electron chi connectivity index (χ0n) is 17.9. The molecule has 1 aliphatic heterocycles. The molecule has 1 aliphatic rings. The Morgan fingerprint density at radius 3 is 2.45 bits per heavy atom. The maximum atomic E-state index is 12.5. The number of hydrogen-bond acceptors (Lipinski definition) is 5. The molecule has 2 amide bonds. The lowest BCUT2D eigenvalue weighted by atomic mass is 9.95. The van der Waals surface area contributed by atoms with Crippen LogP contribution in [0, 0.1) is 5.92 Å². The van der Waals surface area contributed by atoms with Crippen LogP contribution >= 0.6 is 11.6 Å². The van der Waals surface area contributed by atoms with Crippen molar-refractivity contribution < 1.29 is 14.7 Å². The number of halogens is 1. The summed E-state index contributed by atoms with van der Waals surface area (Å²) in [6, 6.07) is 12.6. The summed E-state index contributed by atoms with van der Waals surface area (Å²) in [4.78, 5) is 28.9. The van der Waals surface area contributed by atoms with E-state index < -0.39 is 0 Å². The molecule has 0 unspecified atom stereocenters.